The van der Waals surface area contributed by atoms with Crippen LogP contribution < -0.4 is 10.6 Å². The van der Waals surface area contributed by atoms with E-state index >= 15 is 0 Å². The van der Waals surface area contributed by atoms with E-state index in [1.165, 1.54) is 0 Å². The molecule has 2 atom stereocenters. The lowest BCUT2D eigenvalue weighted by atomic mass is 9.84. The number of ketones is 1. The van der Waals surface area contributed by atoms with Crippen molar-refractivity contribution in [3.05, 3.63) is 35.4 Å². The number of ether oxygens (including phenoxy) is 2. The Balaban J connectivity index is 1.76. The summed E-state index contributed by atoms with van der Waals surface area (Å²) in [5, 5.41) is 5.98. The maximum atomic E-state index is 13.0. The van der Waals surface area contributed by atoms with E-state index in [1.54, 1.807) is 27.7 Å². The van der Waals surface area contributed by atoms with E-state index in [1.807, 2.05) is 18.2 Å². The average molecular weight is 360 g/mol. The van der Waals surface area contributed by atoms with Crippen LogP contribution in [-0.4, -0.2) is 36.6 Å². The van der Waals surface area contributed by atoms with E-state index in [0.29, 0.717) is 0 Å². The Hall–Kier alpha value is -1.92. The van der Waals surface area contributed by atoms with Gasteiger partial charge in [-0.05, 0) is 64.8 Å². The van der Waals surface area contributed by atoms with E-state index < -0.39 is 29.4 Å². The molecule has 1 spiro atoms. The first kappa shape index (κ1) is 18.9. The molecule has 3 rings (SSSR count). The number of hydrogen-bond donors (Lipinski definition) is 2. The third kappa shape index (κ3) is 3.76. The van der Waals surface area contributed by atoms with Crippen molar-refractivity contribution < 1.29 is 19.1 Å². The summed E-state index contributed by atoms with van der Waals surface area (Å²) < 4.78 is 11.6. The number of carbonyl (C=O) groups excluding carboxylic acids is 2. The second-order valence-electron chi connectivity index (χ2n) is 8.10. The molecule has 1 amide bonds. The minimum atomic E-state index is -0.695. The van der Waals surface area contributed by atoms with Crippen LogP contribution in [0.25, 0.3) is 0 Å². The molecule has 2 heterocycles. The van der Waals surface area contributed by atoms with Crippen molar-refractivity contribution in [3.63, 3.8) is 0 Å². The van der Waals surface area contributed by atoms with Gasteiger partial charge >= 0.3 is 6.09 Å². The molecular formula is C20H28N2O4. The summed E-state index contributed by atoms with van der Waals surface area (Å²) >= 11 is 0. The van der Waals surface area contributed by atoms with Crippen LogP contribution in [0.15, 0.2) is 24.3 Å². The fraction of sp³-hybridized carbons (Fsp3) is 0.600. The lowest BCUT2D eigenvalue weighted by Gasteiger charge is -2.34. The monoisotopic (exact) mass is 360 g/mol. The molecule has 1 fully saturated rings. The molecule has 1 aromatic rings. The quantitative estimate of drug-likeness (QED) is 0.867. The summed E-state index contributed by atoms with van der Waals surface area (Å²) in [7, 11) is 0. The van der Waals surface area contributed by atoms with Gasteiger partial charge in [0.05, 0.1) is 11.6 Å². The SMILES string of the molecule is C[C@@H](NC(=O)OC(C)(C)C)C(=O)C1OC2(CCNCC2)c2ccccc21. The molecule has 2 N–H and O–H groups in total. The Morgan fingerprint density at radius 2 is 1.92 bits per heavy atom. The minimum absolute atomic E-state index is 0.154. The molecule has 0 aromatic heterocycles. The van der Waals surface area contributed by atoms with Gasteiger partial charge in [-0.15, -0.1) is 0 Å². The molecule has 2 aliphatic heterocycles. The van der Waals surface area contributed by atoms with Gasteiger partial charge in [-0.2, -0.15) is 0 Å². The number of carbonyl (C=O) groups is 2. The van der Waals surface area contributed by atoms with E-state index in [9.17, 15) is 9.59 Å². The maximum Gasteiger partial charge on any atom is 0.408 e. The van der Waals surface area contributed by atoms with Crippen LogP contribution in [0.1, 0.15) is 57.8 Å². The number of rotatable bonds is 3. The van der Waals surface area contributed by atoms with Gasteiger partial charge in [0.1, 0.15) is 11.7 Å². The van der Waals surface area contributed by atoms with Crippen LogP contribution in [0.4, 0.5) is 4.79 Å². The molecule has 0 aliphatic carbocycles. The molecule has 1 saturated heterocycles. The van der Waals surface area contributed by atoms with Crippen LogP contribution in [0, 0.1) is 0 Å². The summed E-state index contributed by atoms with van der Waals surface area (Å²) in [5.41, 5.74) is 0.998. The first-order valence-corrected chi connectivity index (χ1v) is 9.23. The van der Waals surface area contributed by atoms with E-state index in [4.69, 9.17) is 9.47 Å². The van der Waals surface area contributed by atoms with E-state index in [0.717, 1.165) is 37.1 Å². The number of nitrogens with one attached hydrogen (secondary N) is 2. The molecule has 2 aliphatic rings. The van der Waals surface area contributed by atoms with Gasteiger partial charge in [0.15, 0.2) is 5.78 Å². The second kappa shape index (κ2) is 7.00. The van der Waals surface area contributed by atoms with Gasteiger partial charge in [-0.25, -0.2) is 4.79 Å². The van der Waals surface area contributed by atoms with Crippen molar-refractivity contribution in [3.8, 4) is 0 Å². The molecule has 0 radical (unpaired) electrons. The van der Waals surface area contributed by atoms with Crippen LogP contribution in [0.3, 0.4) is 0 Å². The first-order chi connectivity index (χ1) is 12.2. The predicted octanol–water partition coefficient (Wildman–Crippen LogP) is 2.82. The standard InChI is InChI=1S/C20H28N2O4/c1-13(22-18(24)26-19(2,3)4)16(23)17-14-7-5-6-8-15(14)20(25-17)9-11-21-12-10-20/h5-8,13,17,21H,9-12H2,1-4H3,(H,22,24)/t13-,17?/m1/s1. The van der Waals surface area contributed by atoms with Crippen molar-refractivity contribution in [2.24, 2.45) is 0 Å². The molecule has 1 aromatic carbocycles. The minimum Gasteiger partial charge on any atom is -0.444 e. The van der Waals surface area contributed by atoms with Crippen molar-refractivity contribution in [2.45, 2.75) is 63.9 Å². The van der Waals surface area contributed by atoms with Crippen molar-refractivity contribution in [2.75, 3.05) is 13.1 Å². The summed E-state index contributed by atoms with van der Waals surface area (Å²) in [6, 6.07) is 7.23. The summed E-state index contributed by atoms with van der Waals surface area (Å²) in [6.45, 7) is 8.76. The Labute approximate surface area is 154 Å². The normalized spacial score (nSPS) is 22.5. The van der Waals surface area contributed by atoms with Gasteiger partial charge in [-0.1, -0.05) is 24.3 Å². The van der Waals surface area contributed by atoms with Gasteiger partial charge in [0.2, 0.25) is 0 Å². The van der Waals surface area contributed by atoms with Gasteiger partial charge < -0.3 is 20.1 Å². The largest absolute Gasteiger partial charge is 0.444 e. The highest BCUT2D eigenvalue weighted by Gasteiger charge is 2.48. The first-order valence-electron chi connectivity index (χ1n) is 9.23. The summed E-state index contributed by atoms with van der Waals surface area (Å²) in [4.78, 5) is 25.0. The average Bonchev–Trinajstić information content (AvgIpc) is 2.88. The lowest BCUT2D eigenvalue weighted by Crippen LogP contribution is -2.44. The molecule has 26 heavy (non-hydrogen) atoms. The fourth-order valence-electron chi connectivity index (χ4n) is 3.70. The number of Topliss-reactive ketones (excluding diaryl/α,β-unsaturated/α-hetero) is 1. The molecule has 0 saturated carbocycles. The number of benzene rings is 1. The summed E-state index contributed by atoms with van der Waals surface area (Å²) in [5.74, 6) is -0.154. The summed E-state index contributed by atoms with van der Waals surface area (Å²) in [6.07, 6.45) is 0.416. The van der Waals surface area contributed by atoms with Crippen LogP contribution >= 0.6 is 0 Å². The zero-order valence-electron chi connectivity index (χ0n) is 15.9. The number of piperidine rings is 1. The van der Waals surface area contributed by atoms with Crippen molar-refractivity contribution in [1.82, 2.24) is 10.6 Å². The van der Waals surface area contributed by atoms with Crippen molar-refractivity contribution in [1.29, 1.82) is 0 Å². The zero-order chi connectivity index (χ0) is 18.9. The Bertz CT molecular complexity index is 689. The van der Waals surface area contributed by atoms with E-state index in [-0.39, 0.29) is 5.78 Å². The molecule has 6 nitrogen and oxygen atoms in total. The second-order valence-corrected chi connectivity index (χ2v) is 8.10. The molecular weight excluding hydrogens is 332 g/mol. The molecule has 142 valence electrons. The highest BCUT2D eigenvalue weighted by atomic mass is 16.6. The predicted molar refractivity (Wildman–Crippen MR) is 97.9 cm³/mol. The number of fused-ring (bicyclic) bond motifs is 2. The fourth-order valence-corrected chi connectivity index (χ4v) is 3.70. The maximum absolute atomic E-state index is 13.0. The third-order valence-electron chi connectivity index (χ3n) is 4.91. The van der Waals surface area contributed by atoms with Gasteiger partial charge in [-0.3, -0.25) is 4.79 Å². The number of hydrogen-bond acceptors (Lipinski definition) is 5. The van der Waals surface area contributed by atoms with Crippen LogP contribution in [0.2, 0.25) is 0 Å². The smallest absolute Gasteiger partial charge is 0.408 e. The van der Waals surface area contributed by atoms with E-state index in [2.05, 4.69) is 16.7 Å². The topological polar surface area (TPSA) is 76.7 Å². The van der Waals surface area contributed by atoms with Crippen LogP contribution in [-0.2, 0) is 19.9 Å². The highest BCUT2D eigenvalue weighted by Crippen LogP contribution is 2.48. The third-order valence-corrected chi connectivity index (χ3v) is 4.91. The Morgan fingerprint density at radius 1 is 1.27 bits per heavy atom. The Kier molecular flexibility index (Phi) is 5.08. The molecule has 1 unspecified atom stereocenters. The highest BCUT2D eigenvalue weighted by molar-refractivity contribution is 5.92. The van der Waals surface area contributed by atoms with Gasteiger partial charge in [0, 0.05) is 0 Å². The van der Waals surface area contributed by atoms with Gasteiger partial charge in [0.25, 0.3) is 0 Å². The number of amides is 1. The number of alkyl carbamates (subject to hydrolysis) is 1. The zero-order valence-corrected chi connectivity index (χ0v) is 15.9. The Morgan fingerprint density at radius 3 is 2.58 bits per heavy atom. The molecule has 6 heteroatoms. The molecule has 0 bridgehead atoms. The lowest BCUT2D eigenvalue weighted by molar-refractivity contribution is -0.147. The van der Waals surface area contributed by atoms with Crippen LogP contribution in [0.5, 0.6) is 0 Å². The van der Waals surface area contributed by atoms with Crippen molar-refractivity contribution >= 4 is 11.9 Å².